The van der Waals surface area contributed by atoms with Crippen molar-refractivity contribution in [1.29, 1.82) is 0 Å². The van der Waals surface area contributed by atoms with Crippen LogP contribution in [0.15, 0.2) is 103 Å². The van der Waals surface area contributed by atoms with Gasteiger partial charge < -0.3 is 4.74 Å². The molecule has 4 aromatic carbocycles. The van der Waals surface area contributed by atoms with Crippen molar-refractivity contribution >= 4 is 23.5 Å². The molecule has 0 spiro atoms. The molecule has 8 rings (SSSR count). The number of carbonyl (C=O) groups is 3. The predicted octanol–water partition coefficient (Wildman–Crippen LogP) is 5.44. The maximum Gasteiger partial charge on any atom is 0.338 e. The smallest absolute Gasteiger partial charge is 0.338 e. The quantitative estimate of drug-likeness (QED) is 0.285. The van der Waals surface area contributed by atoms with Crippen molar-refractivity contribution in [1.82, 2.24) is 0 Å². The number of hydrogen-bond donors (Lipinski definition) is 0. The molecule has 1 heterocycles. The Morgan fingerprint density at radius 2 is 1.16 bits per heavy atom. The molecule has 5 heteroatoms. The third kappa shape index (κ3) is 3.20. The van der Waals surface area contributed by atoms with E-state index < -0.39 is 17.8 Å². The largest absolute Gasteiger partial charge is 0.457 e. The van der Waals surface area contributed by atoms with Crippen LogP contribution in [0.2, 0.25) is 0 Å². The second kappa shape index (κ2) is 8.27. The molecule has 1 aliphatic heterocycles. The normalized spacial score (nSPS) is 22.9. The second-order valence-electron chi connectivity index (χ2n) is 9.89. The molecule has 37 heavy (non-hydrogen) atoms. The third-order valence-electron chi connectivity index (χ3n) is 8.00. The van der Waals surface area contributed by atoms with Crippen LogP contribution >= 0.6 is 0 Å². The number of ether oxygens (including phenoxy) is 1. The van der Waals surface area contributed by atoms with Crippen LogP contribution in [0, 0.1) is 11.8 Å². The molecule has 2 unspecified atom stereocenters. The molecule has 5 nitrogen and oxygen atoms in total. The summed E-state index contributed by atoms with van der Waals surface area (Å²) in [4.78, 5) is 42.0. The van der Waals surface area contributed by atoms with Crippen molar-refractivity contribution in [2.75, 3.05) is 4.90 Å². The van der Waals surface area contributed by atoms with E-state index in [-0.39, 0.29) is 30.3 Å². The molecule has 4 aliphatic rings. The Bertz CT molecular complexity index is 1460. The molecule has 4 aromatic rings. The van der Waals surface area contributed by atoms with Gasteiger partial charge in [0.25, 0.3) is 0 Å². The van der Waals surface area contributed by atoms with Gasteiger partial charge in [-0.2, -0.15) is 0 Å². The molecule has 1 saturated heterocycles. The number of rotatable bonds is 4. The molecule has 180 valence electrons. The minimum Gasteiger partial charge on any atom is -0.457 e. The van der Waals surface area contributed by atoms with E-state index in [1.54, 1.807) is 24.3 Å². The molecule has 0 saturated carbocycles. The molecular formula is C32H23NO4. The van der Waals surface area contributed by atoms with E-state index in [4.69, 9.17) is 4.74 Å². The summed E-state index contributed by atoms with van der Waals surface area (Å²) in [6.07, 6.45) is 0. The number of hydrogen-bond acceptors (Lipinski definition) is 4. The van der Waals surface area contributed by atoms with Crippen molar-refractivity contribution < 1.29 is 19.1 Å². The summed E-state index contributed by atoms with van der Waals surface area (Å²) in [6.45, 7) is 0.148. The van der Waals surface area contributed by atoms with Crippen LogP contribution in [0.3, 0.4) is 0 Å². The van der Waals surface area contributed by atoms with Crippen molar-refractivity contribution in [2.24, 2.45) is 11.8 Å². The van der Waals surface area contributed by atoms with E-state index in [9.17, 15) is 14.4 Å². The van der Waals surface area contributed by atoms with Gasteiger partial charge in [0.15, 0.2) is 0 Å². The van der Waals surface area contributed by atoms with Crippen molar-refractivity contribution in [3.63, 3.8) is 0 Å². The first-order valence-electron chi connectivity index (χ1n) is 12.5. The Balaban J connectivity index is 1.23. The predicted molar refractivity (Wildman–Crippen MR) is 138 cm³/mol. The molecule has 2 amide bonds. The average molecular weight is 486 g/mol. The van der Waals surface area contributed by atoms with Gasteiger partial charge in [0, 0.05) is 11.8 Å². The third-order valence-corrected chi connectivity index (χ3v) is 8.00. The number of benzene rings is 4. The number of esters is 1. The summed E-state index contributed by atoms with van der Waals surface area (Å²) in [7, 11) is 0. The first-order valence-corrected chi connectivity index (χ1v) is 12.5. The summed E-state index contributed by atoms with van der Waals surface area (Å²) in [5.74, 6) is -2.16. The van der Waals surface area contributed by atoms with Crippen molar-refractivity contribution in [2.45, 2.75) is 18.4 Å². The molecule has 1 fully saturated rings. The molecule has 0 aromatic heterocycles. The van der Waals surface area contributed by atoms with Crippen molar-refractivity contribution in [3.8, 4) is 0 Å². The van der Waals surface area contributed by atoms with Gasteiger partial charge >= 0.3 is 5.97 Å². The summed E-state index contributed by atoms with van der Waals surface area (Å²) >= 11 is 0. The fourth-order valence-corrected chi connectivity index (χ4v) is 6.51. The lowest BCUT2D eigenvalue weighted by atomic mass is 9.55. The van der Waals surface area contributed by atoms with Gasteiger partial charge in [-0.15, -0.1) is 0 Å². The second-order valence-corrected chi connectivity index (χ2v) is 9.89. The first kappa shape index (κ1) is 21.7. The van der Waals surface area contributed by atoms with Gasteiger partial charge in [-0.3, -0.25) is 9.59 Å². The van der Waals surface area contributed by atoms with Gasteiger partial charge in [-0.25, -0.2) is 9.69 Å². The van der Waals surface area contributed by atoms with E-state index in [0.29, 0.717) is 11.3 Å². The monoisotopic (exact) mass is 485 g/mol. The van der Waals surface area contributed by atoms with Crippen LogP contribution in [-0.4, -0.2) is 17.8 Å². The Morgan fingerprint density at radius 3 is 1.70 bits per heavy atom. The van der Waals surface area contributed by atoms with Crippen LogP contribution < -0.4 is 4.90 Å². The maximum atomic E-state index is 13.9. The topological polar surface area (TPSA) is 63.7 Å². The molecular weight excluding hydrogens is 462 g/mol. The van der Waals surface area contributed by atoms with Crippen LogP contribution in [0.25, 0.3) is 0 Å². The standard InChI is InChI=1S/C32H23NO4/c34-30-28-26-22-13-4-5-14-23(22)27(25-16-7-6-15-24(25)26)29(28)31(35)33(30)21-12-8-11-20(17-21)32(36)37-18-19-9-2-1-3-10-19/h1-17,26-29H,18H2. The summed E-state index contributed by atoms with van der Waals surface area (Å²) in [5, 5.41) is 0. The zero-order chi connectivity index (χ0) is 25.1. The highest BCUT2D eigenvalue weighted by Gasteiger charge is 2.61. The highest BCUT2D eigenvalue weighted by Crippen LogP contribution is 2.61. The lowest BCUT2D eigenvalue weighted by Gasteiger charge is -2.45. The summed E-state index contributed by atoms with van der Waals surface area (Å²) in [5.41, 5.74) is 6.13. The fourth-order valence-electron chi connectivity index (χ4n) is 6.51. The van der Waals surface area contributed by atoms with Gasteiger partial charge in [0.2, 0.25) is 11.8 Å². The first-order chi connectivity index (χ1) is 18.1. The van der Waals surface area contributed by atoms with E-state index >= 15 is 0 Å². The number of carbonyl (C=O) groups excluding carboxylic acids is 3. The highest BCUT2D eigenvalue weighted by molar-refractivity contribution is 6.23. The zero-order valence-corrected chi connectivity index (χ0v) is 19.9. The van der Waals surface area contributed by atoms with Gasteiger partial charge in [0.05, 0.1) is 23.1 Å². The zero-order valence-electron chi connectivity index (χ0n) is 19.9. The summed E-state index contributed by atoms with van der Waals surface area (Å²) in [6, 6.07) is 32.4. The Labute approximate surface area is 214 Å². The SMILES string of the molecule is O=C(OCc1ccccc1)c1cccc(N2C(=O)C3C4c5ccccc5C(c5ccccc54)C3C2=O)c1. The number of nitrogens with zero attached hydrogens (tertiary/aromatic N) is 1. The van der Waals surface area contributed by atoms with Crippen LogP contribution in [0.4, 0.5) is 5.69 Å². The molecule has 2 bridgehead atoms. The fraction of sp³-hybridized carbons (Fsp3) is 0.156. The highest BCUT2D eigenvalue weighted by atomic mass is 16.5. The van der Waals surface area contributed by atoms with Crippen LogP contribution in [0.1, 0.15) is 50.0 Å². The summed E-state index contributed by atoms with van der Waals surface area (Å²) < 4.78 is 5.48. The van der Waals surface area contributed by atoms with E-state index in [0.717, 1.165) is 27.8 Å². The van der Waals surface area contributed by atoms with Gasteiger partial charge in [-0.05, 0) is 46.0 Å². The lowest BCUT2D eigenvalue weighted by molar-refractivity contribution is -0.122. The van der Waals surface area contributed by atoms with E-state index in [1.807, 2.05) is 54.6 Å². The van der Waals surface area contributed by atoms with E-state index in [2.05, 4.69) is 24.3 Å². The molecule has 2 atom stereocenters. The molecule has 0 radical (unpaired) electrons. The minimum absolute atomic E-state index is 0.148. The average Bonchev–Trinajstić information content (AvgIpc) is 3.22. The van der Waals surface area contributed by atoms with Crippen molar-refractivity contribution in [3.05, 3.63) is 137 Å². The van der Waals surface area contributed by atoms with E-state index in [1.165, 1.54) is 4.90 Å². The number of amides is 2. The number of imide groups is 1. The number of anilines is 1. The Morgan fingerprint density at radius 1 is 0.649 bits per heavy atom. The van der Waals surface area contributed by atoms with Gasteiger partial charge in [0.1, 0.15) is 6.61 Å². The molecule has 0 N–H and O–H groups in total. The Hall–Kier alpha value is -4.51. The van der Waals surface area contributed by atoms with Crippen LogP contribution in [0.5, 0.6) is 0 Å². The van der Waals surface area contributed by atoms with Crippen LogP contribution in [-0.2, 0) is 20.9 Å². The maximum absolute atomic E-state index is 13.9. The molecule has 3 aliphatic carbocycles. The lowest BCUT2D eigenvalue weighted by Crippen LogP contribution is -2.41. The van der Waals surface area contributed by atoms with Gasteiger partial charge in [-0.1, -0.05) is 84.9 Å². The minimum atomic E-state index is -0.498. The Kier molecular flexibility index (Phi) is 4.86.